The number of likely N-dealkylation sites (N-methyl/N-ethyl adjacent to an activating group) is 1. The summed E-state index contributed by atoms with van der Waals surface area (Å²) in [5.74, 6) is 4.70. The predicted octanol–water partition coefficient (Wildman–Crippen LogP) is -2.80. The molecule has 1 saturated heterocycles. The number of aliphatic carboxylic acids is 1. The summed E-state index contributed by atoms with van der Waals surface area (Å²) in [6, 6.07) is -0.450. The van der Waals surface area contributed by atoms with Gasteiger partial charge in [0.05, 0.1) is 0 Å². The average molecular weight is 221 g/mol. The average Bonchev–Trinajstić information content (AvgIpc) is 2.08. The molecule has 0 saturated carbocycles. The van der Waals surface area contributed by atoms with Gasteiger partial charge in [-0.25, -0.2) is 5.01 Å². The van der Waals surface area contributed by atoms with E-state index < -0.39 is 19.3 Å². The van der Waals surface area contributed by atoms with Crippen molar-refractivity contribution < 1.29 is 25.0 Å². The van der Waals surface area contributed by atoms with E-state index in [2.05, 4.69) is 0 Å². The van der Waals surface area contributed by atoms with E-state index in [1.54, 1.807) is 12.1 Å². The molecule has 8 nitrogen and oxygen atoms in total. The second-order valence-corrected chi connectivity index (χ2v) is 3.08. The largest absolute Gasteiger partial charge is 0.631 e. The van der Waals surface area contributed by atoms with Gasteiger partial charge in [-0.05, 0) is 12.8 Å². The standard InChI is InChI=1S/C6H13N3O2.BH3O3/c1-8-5(6(10)11)3-2-4-9(8)7;2-1(3)4/h5H,2-4,7H2,1H3,(H,10,11);2-4H. The number of hydrazine groups is 2. The van der Waals surface area contributed by atoms with E-state index in [0.29, 0.717) is 6.42 Å². The fourth-order valence-electron chi connectivity index (χ4n) is 1.25. The minimum Gasteiger partial charge on any atom is -0.480 e. The van der Waals surface area contributed by atoms with E-state index in [9.17, 15) is 4.79 Å². The molecule has 1 fully saturated rings. The number of hydrogen-bond acceptors (Lipinski definition) is 7. The van der Waals surface area contributed by atoms with Crippen LogP contribution in [-0.4, -0.2) is 63.2 Å². The first-order valence-electron chi connectivity index (χ1n) is 4.38. The molecule has 88 valence electrons. The van der Waals surface area contributed by atoms with Crippen molar-refractivity contribution in [3.05, 3.63) is 0 Å². The molecule has 6 N–H and O–H groups in total. The lowest BCUT2D eigenvalue weighted by Gasteiger charge is -2.36. The van der Waals surface area contributed by atoms with Gasteiger partial charge in [-0.15, -0.1) is 0 Å². The minimum atomic E-state index is -2.17. The highest BCUT2D eigenvalue weighted by Crippen LogP contribution is 2.12. The third-order valence-corrected chi connectivity index (χ3v) is 2.01. The first-order valence-corrected chi connectivity index (χ1v) is 4.38. The van der Waals surface area contributed by atoms with Crippen molar-refractivity contribution in [2.75, 3.05) is 13.6 Å². The van der Waals surface area contributed by atoms with E-state index in [1.807, 2.05) is 0 Å². The Morgan fingerprint density at radius 3 is 2.27 bits per heavy atom. The molecule has 1 unspecified atom stereocenters. The van der Waals surface area contributed by atoms with Crippen LogP contribution in [0.5, 0.6) is 0 Å². The molecule has 1 aliphatic heterocycles. The molecule has 0 spiro atoms. The first-order chi connectivity index (χ1) is 6.86. The minimum absolute atomic E-state index is 0.450. The Hall–Kier alpha value is -0.705. The van der Waals surface area contributed by atoms with Gasteiger partial charge in [0, 0.05) is 13.6 Å². The van der Waals surface area contributed by atoms with E-state index >= 15 is 0 Å². The van der Waals surface area contributed by atoms with Crippen LogP contribution in [-0.2, 0) is 4.79 Å². The van der Waals surface area contributed by atoms with Crippen LogP contribution in [0.2, 0.25) is 0 Å². The summed E-state index contributed by atoms with van der Waals surface area (Å²) in [5, 5.41) is 33.2. The van der Waals surface area contributed by atoms with Crippen molar-refractivity contribution in [1.29, 1.82) is 0 Å². The van der Waals surface area contributed by atoms with Gasteiger partial charge in [-0.3, -0.25) is 10.6 Å². The first kappa shape index (κ1) is 14.3. The summed E-state index contributed by atoms with van der Waals surface area (Å²) < 4.78 is 0. The molecule has 9 heteroatoms. The van der Waals surface area contributed by atoms with Gasteiger partial charge in [-0.1, -0.05) is 0 Å². The Kier molecular flexibility index (Phi) is 6.40. The van der Waals surface area contributed by atoms with Gasteiger partial charge in [0.1, 0.15) is 6.04 Å². The van der Waals surface area contributed by atoms with Crippen LogP contribution in [0.25, 0.3) is 0 Å². The van der Waals surface area contributed by atoms with Crippen LogP contribution in [0.15, 0.2) is 0 Å². The number of rotatable bonds is 1. The molecule has 0 aliphatic carbocycles. The Morgan fingerprint density at radius 1 is 1.47 bits per heavy atom. The molecule has 1 rings (SSSR count). The molecular formula is C6H16BN3O5. The van der Waals surface area contributed by atoms with E-state index in [-0.39, 0.29) is 0 Å². The van der Waals surface area contributed by atoms with E-state index in [1.165, 1.54) is 5.12 Å². The van der Waals surface area contributed by atoms with Crippen LogP contribution in [0.3, 0.4) is 0 Å². The van der Waals surface area contributed by atoms with Gasteiger partial charge in [0.25, 0.3) is 0 Å². The number of carbonyl (C=O) groups is 1. The smallest absolute Gasteiger partial charge is 0.480 e. The summed E-state index contributed by atoms with van der Waals surface area (Å²) in [6.07, 6.45) is 1.53. The molecule has 0 radical (unpaired) electrons. The Balaban J connectivity index is 0.000000423. The maximum Gasteiger partial charge on any atom is 0.631 e. The van der Waals surface area contributed by atoms with E-state index in [0.717, 1.165) is 13.0 Å². The molecule has 0 amide bonds. The highest BCUT2D eigenvalue weighted by atomic mass is 16.5. The zero-order chi connectivity index (χ0) is 12.0. The molecule has 0 aromatic rings. The lowest BCUT2D eigenvalue weighted by Crippen LogP contribution is -2.56. The second kappa shape index (κ2) is 6.72. The van der Waals surface area contributed by atoms with Crippen LogP contribution in [0.4, 0.5) is 0 Å². The lowest BCUT2D eigenvalue weighted by atomic mass is 10.1. The van der Waals surface area contributed by atoms with Crippen molar-refractivity contribution in [2.45, 2.75) is 18.9 Å². The van der Waals surface area contributed by atoms with Gasteiger partial charge >= 0.3 is 13.3 Å². The molecule has 1 heterocycles. The number of carboxylic acids is 1. The van der Waals surface area contributed by atoms with Gasteiger partial charge in [0.2, 0.25) is 0 Å². The summed E-state index contributed by atoms with van der Waals surface area (Å²) in [5.41, 5.74) is 0. The van der Waals surface area contributed by atoms with Crippen LogP contribution in [0, 0.1) is 0 Å². The topological polar surface area (TPSA) is 130 Å². The summed E-state index contributed by atoms with van der Waals surface area (Å²) in [4.78, 5) is 10.6. The van der Waals surface area contributed by atoms with Crippen molar-refractivity contribution >= 4 is 13.3 Å². The lowest BCUT2D eigenvalue weighted by molar-refractivity contribution is -0.156. The molecule has 0 aromatic carbocycles. The van der Waals surface area contributed by atoms with Crippen molar-refractivity contribution in [3.8, 4) is 0 Å². The third kappa shape index (κ3) is 5.67. The Labute approximate surface area is 87.6 Å². The number of nitrogens with two attached hydrogens (primary N) is 1. The van der Waals surface area contributed by atoms with Gasteiger partial charge < -0.3 is 20.2 Å². The number of carboxylic acid groups (broad SMARTS) is 1. The van der Waals surface area contributed by atoms with Crippen molar-refractivity contribution in [1.82, 2.24) is 10.1 Å². The predicted molar refractivity (Wildman–Crippen MR) is 51.7 cm³/mol. The second-order valence-electron chi connectivity index (χ2n) is 3.08. The van der Waals surface area contributed by atoms with Gasteiger partial charge in [-0.2, -0.15) is 5.12 Å². The Morgan fingerprint density at radius 2 is 1.93 bits per heavy atom. The van der Waals surface area contributed by atoms with Crippen molar-refractivity contribution in [2.24, 2.45) is 5.84 Å². The summed E-state index contributed by atoms with van der Waals surface area (Å²) in [6.45, 7) is 0.736. The Bertz CT molecular complexity index is 202. The zero-order valence-electron chi connectivity index (χ0n) is 8.44. The zero-order valence-corrected chi connectivity index (χ0v) is 8.44. The normalized spacial score (nSPS) is 22.9. The SMILES string of the molecule is CN1C(C(=O)O)CCCN1N.OB(O)O. The number of nitrogens with zero attached hydrogens (tertiary/aromatic N) is 2. The molecule has 1 aliphatic rings. The fraction of sp³-hybridized carbons (Fsp3) is 0.833. The van der Waals surface area contributed by atoms with Crippen LogP contribution >= 0.6 is 0 Å². The fourth-order valence-corrected chi connectivity index (χ4v) is 1.25. The molecular weight excluding hydrogens is 205 g/mol. The molecule has 15 heavy (non-hydrogen) atoms. The quantitative estimate of drug-likeness (QED) is 0.237. The van der Waals surface area contributed by atoms with E-state index in [4.69, 9.17) is 26.0 Å². The molecule has 0 bridgehead atoms. The van der Waals surface area contributed by atoms with Crippen LogP contribution in [0.1, 0.15) is 12.8 Å². The number of hydrogen-bond donors (Lipinski definition) is 5. The maximum atomic E-state index is 10.6. The third-order valence-electron chi connectivity index (χ3n) is 2.01. The van der Waals surface area contributed by atoms with Crippen molar-refractivity contribution in [3.63, 3.8) is 0 Å². The highest BCUT2D eigenvalue weighted by Gasteiger charge is 2.28. The van der Waals surface area contributed by atoms with Gasteiger partial charge in [0.15, 0.2) is 0 Å². The maximum absolute atomic E-state index is 10.6. The highest BCUT2D eigenvalue weighted by molar-refractivity contribution is 6.30. The molecule has 1 atom stereocenters. The van der Waals surface area contributed by atoms with Crippen LogP contribution < -0.4 is 5.84 Å². The molecule has 0 aromatic heterocycles. The monoisotopic (exact) mass is 221 g/mol. The summed E-state index contributed by atoms with van der Waals surface area (Å²) >= 11 is 0. The summed E-state index contributed by atoms with van der Waals surface area (Å²) in [7, 11) is -0.474.